The summed E-state index contributed by atoms with van der Waals surface area (Å²) in [6.07, 6.45) is -8.70. The maximum Gasteiger partial charge on any atom is 0.573 e. The summed E-state index contributed by atoms with van der Waals surface area (Å²) in [5.41, 5.74) is -1.59. The van der Waals surface area contributed by atoms with Crippen molar-refractivity contribution in [2.45, 2.75) is 25.5 Å². The summed E-state index contributed by atoms with van der Waals surface area (Å²) in [7, 11) is 1.24. The summed E-state index contributed by atoms with van der Waals surface area (Å²) in [4.78, 5) is 12.1. The van der Waals surface area contributed by atoms with Crippen molar-refractivity contribution >= 4 is 5.91 Å². The number of rotatable bonds is 4. The number of carbonyl (C=O) groups excluding carboxylic acids is 1. The zero-order chi connectivity index (χ0) is 19.7. The minimum absolute atomic E-state index is 0.380. The Morgan fingerprint density at radius 2 is 1.73 bits per heavy atom. The first-order chi connectivity index (χ1) is 11.9. The monoisotopic (exact) mass is 381 g/mol. The third-order valence-corrected chi connectivity index (χ3v) is 3.30. The summed E-state index contributed by atoms with van der Waals surface area (Å²) in [6, 6.07) is 3.84. The second kappa shape index (κ2) is 6.89. The molecule has 0 unspecified atom stereocenters. The molecular weight excluding hydrogens is 368 g/mol. The lowest BCUT2D eigenvalue weighted by Crippen LogP contribution is -2.28. The predicted molar refractivity (Wildman–Crippen MR) is 77.2 cm³/mol. The second-order valence-electron chi connectivity index (χ2n) is 5.37. The van der Waals surface area contributed by atoms with E-state index in [1.165, 1.54) is 26.1 Å². The van der Waals surface area contributed by atoms with E-state index in [0.29, 0.717) is 5.56 Å². The number of hydrogen-bond donors (Lipinski definition) is 1. The number of benzene rings is 1. The van der Waals surface area contributed by atoms with E-state index in [1.54, 1.807) is 0 Å². The number of halogens is 6. The molecule has 2 aromatic rings. The molecule has 0 fully saturated rings. The van der Waals surface area contributed by atoms with Gasteiger partial charge in [-0.3, -0.25) is 9.48 Å². The van der Waals surface area contributed by atoms with Crippen molar-refractivity contribution in [1.29, 1.82) is 0 Å². The van der Waals surface area contributed by atoms with Gasteiger partial charge in [0, 0.05) is 13.2 Å². The van der Waals surface area contributed by atoms with Crippen molar-refractivity contribution < 1.29 is 35.9 Å². The number of aryl methyl sites for hydroxylation is 1. The van der Waals surface area contributed by atoms with Gasteiger partial charge in [-0.05, 0) is 24.6 Å². The van der Waals surface area contributed by atoms with Crippen LogP contribution in [0.5, 0.6) is 5.75 Å². The number of ether oxygens (including phenoxy) is 1. The number of hydrogen-bond acceptors (Lipinski definition) is 3. The Kier molecular flexibility index (Phi) is 5.19. The van der Waals surface area contributed by atoms with E-state index in [-0.39, 0.29) is 0 Å². The Morgan fingerprint density at radius 3 is 2.23 bits per heavy atom. The fourth-order valence-corrected chi connectivity index (χ4v) is 2.18. The molecule has 0 radical (unpaired) electrons. The average molecular weight is 381 g/mol. The lowest BCUT2D eigenvalue weighted by molar-refractivity contribution is -0.274. The molecule has 1 atom stereocenters. The molecule has 11 heteroatoms. The molecule has 0 spiro atoms. The summed E-state index contributed by atoms with van der Waals surface area (Å²) in [5.74, 6) is -1.46. The van der Waals surface area contributed by atoms with Gasteiger partial charge in [0.25, 0.3) is 5.91 Å². The molecule has 0 bridgehead atoms. The van der Waals surface area contributed by atoms with Gasteiger partial charge in [-0.15, -0.1) is 13.2 Å². The van der Waals surface area contributed by atoms with Crippen molar-refractivity contribution in [3.8, 4) is 5.75 Å². The molecule has 0 aliphatic carbocycles. The number of nitrogens with zero attached hydrogens (tertiary/aromatic N) is 2. The molecule has 1 aromatic carbocycles. The number of alkyl halides is 6. The van der Waals surface area contributed by atoms with Crippen LogP contribution in [-0.2, 0) is 13.2 Å². The van der Waals surface area contributed by atoms with E-state index >= 15 is 0 Å². The Hall–Kier alpha value is -2.72. The zero-order valence-electron chi connectivity index (χ0n) is 13.4. The predicted octanol–water partition coefficient (Wildman–Crippen LogP) is 3.83. The van der Waals surface area contributed by atoms with Crippen molar-refractivity contribution in [2.24, 2.45) is 7.05 Å². The molecule has 26 heavy (non-hydrogen) atoms. The van der Waals surface area contributed by atoms with Gasteiger partial charge in [-0.2, -0.15) is 18.3 Å². The van der Waals surface area contributed by atoms with E-state index < -0.39 is 41.5 Å². The first-order valence-electron chi connectivity index (χ1n) is 7.14. The number of aromatic nitrogens is 2. The molecule has 1 aromatic heterocycles. The lowest BCUT2D eigenvalue weighted by Gasteiger charge is -2.15. The van der Waals surface area contributed by atoms with Crippen LogP contribution in [0.1, 0.15) is 34.6 Å². The smallest absolute Gasteiger partial charge is 0.406 e. The molecule has 1 amide bonds. The molecule has 0 saturated heterocycles. The molecule has 0 aliphatic rings. The SMILES string of the molecule is C[C@H](NC(=O)c1cn(C)nc1C(F)(F)F)c1ccc(OC(F)(F)F)cc1. The Labute approximate surface area is 143 Å². The standard InChI is InChI=1S/C15H13F6N3O2/c1-8(9-3-5-10(6-4-9)26-15(19,20)21)22-13(25)11-7-24(2)23-12(11)14(16,17)18/h3-8H,1-2H3,(H,22,25)/t8-/m0/s1. The fraction of sp³-hybridized carbons (Fsp3) is 0.333. The van der Waals surface area contributed by atoms with Crippen LogP contribution in [0, 0.1) is 0 Å². The van der Waals surface area contributed by atoms with Gasteiger partial charge in [0.05, 0.1) is 11.6 Å². The second-order valence-corrected chi connectivity index (χ2v) is 5.37. The molecule has 0 saturated carbocycles. The molecular formula is C15H13F6N3O2. The maximum atomic E-state index is 12.9. The van der Waals surface area contributed by atoms with E-state index in [9.17, 15) is 31.1 Å². The first-order valence-corrected chi connectivity index (χ1v) is 7.14. The Morgan fingerprint density at radius 1 is 1.15 bits per heavy atom. The van der Waals surface area contributed by atoms with Crippen LogP contribution in [0.4, 0.5) is 26.3 Å². The fourth-order valence-electron chi connectivity index (χ4n) is 2.18. The van der Waals surface area contributed by atoms with Gasteiger partial charge >= 0.3 is 12.5 Å². The lowest BCUT2D eigenvalue weighted by atomic mass is 10.1. The highest BCUT2D eigenvalue weighted by molar-refractivity contribution is 5.95. The molecule has 0 aliphatic heterocycles. The van der Waals surface area contributed by atoms with Gasteiger partial charge in [-0.1, -0.05) is 12.1 Å². The largest absolute Gasteiger partial charge is 0.573 e. The van der Waals surface area contributed by atoms with Crippen molar-refractivity contribution in [1.82, 2.24) is 15.1 Å². The topological polar surface area (TPSA) is 56.2 Å². The average Bonchev–Trinajstić information content (AvgIpc) is 2.88. The summed E-state index contributed by atoms with van der Waals surface area (Å²) >= 11 is 0. The van der Waals surface area contributed by atoms with Crippen LogP contribution >= 0.6 is 0 Å². The summed E-state index contributed by atoms with van der Waals surface area (Å²) in [5, 5.41) is 5.59. The van der Waals surface area contributed by atoms with E-state index in [2.05, 4.69) is 15.2 Å². The van der Waals surface area contributed by atoms with Gasteiger partial charge in [0.1, 0.15) is 5.75 Å². The van der Waals surface area contributed by atoms with Crippen LogP contribution in [0.25, 0.3) is 0 Å². The van der Waals surface area contributed by atoms with Crippen LogP contribution < -0.4 is 10.1 Å². The number of carbonyl (C=O) groups is 1. The van der Waals surface area contributed by atoms with Gasteiger partial charge < -0.3 is 10.1 Å². The Balaban J connectivity index is 2.13. The molecule has 1 heterocycles. The van der Waals surface area contributed by atoms with Gasteiger partial charge in [0.2, 0.25) is 0 Å². The third-order valence-electron chi connectivity index (χ3n) is 3.30. The Bertz CT molecular complexity index is 780. The van der Waals surface area contributed by atoms with Crippen molar-refractivity contribution in [3.63, 3.8) is 0 Å². The highest BCUT2D eigenvalue weighted by Gasteiger charge is 2.39. The van der Waals surface area contributed by atoms with Gasteiger partial charge in [-0.25, -0.2) is 0 Å². The van der Waals surface area contributed by atoms with E-state index in [4.69, 9.17) is 0 Å². The van der Waals surface area contributed by atoms with Crippen LogP contribution in [-0.4, -0.2) is 22.1 Å². The van der Waals surface area contributed by atoms with Crippen LogP contribution in [0.15, 0.2) is 30.5 Å². The van der Waals surface area contributed by atoms with Crippen LogP contribution in [0.2, 0.25) is 0 Å². The van der Waals surface area contributed by atoms with Crippen LogP contribution in [0.3, 0.4) is 0 Å². The summed E-state index contributed by atoms with van der Waals surface area (Å²) < 4.78 is 79.6. The zero-order valence-corrected chi connectivity index (χ0v) is 13.4. The number of amides is 1. The molecule has 2 rings (SSSR count). The minimum atomic E-state index is -4.84. The quantitative estimate of drug-likeness (QED) is 0.819. The van der Waals surface area contributed by atoms with Crippen molar-refractivity contribution in [3.05, 3.63) is 47.3 Å². The molecule has 142 valence electrons. The van der Waals surface area contributed by atoms with E-state index in [1.807, 2.05) is 0 Å². The van der Waals surface area contributed by atoms with E-state index in [0.717, 1.165) is 23.0 Å². The van der Waals surface area contributed by atoms with Gasteiger partial charge in [0.15, 0.2) is 5.69 Å². The normalized spacial score (nSPS) is 13.4. The summed E-state index contributed by atoms with van der Waals surface area (Å²) in [6.45, 7) is 1.47. The third kappa shape index (κ3) is 4.90. The maximum absolute atomic E-state index is 12.9. The highest BCUT2D eigenvalue weighted by atomic mass is 19.4. The molecule has 5 nitrogen and oxygen atoms in total. The molecule has 1 N–H and O–H groups in total. The first kappa shape index (κ1) is 19.6. The minimum Gasteiger partial charge on any atom is -0.406 e. The van der Waals surface area contributed by atoms with Crippen molar-refractivity contribution in [2.75, 3.05) is 0 Å². The highest BCUT2D eigenvalue weighted by Crippen LogP contribution is 2.31. The number of nitrogens with one attached hydrogen (secondary N) is 1.